The molecule has 4 rings (SSSR count). The van der Waals surface area contributed by atoms with Crippen LogP contribution in [-0.2, 0) is 11.2 Å². The maximum absolute atomic E-state index is 12.7. The molecule has 0 radical (unpaired) electrons. The molecule has 7 heteroatoms. The first-order valence-electron chi connectivity index (χ1n) is 10.2. The number of piperazine rings is 1. The predicted molar refractivity (Wildman–Crippen MR) is 115 cm³/mol. The molecule has 154 valence electrons. The van der Waals surface area contributed by atoms with E-state index in [1.807, 2.05) is 60.4 Å². The summed E-state index contributed by atoms with van der Waals surface area (Å²) in [7, 11) is 0. The van der Waals surface area contributed by atoms with Gasteiger partial charge >= 0.3 is 0 Å². The molecule has 2 aromatic heterocycles. The molecule has 7 nitrogen and oxygen atoms in total. The zero-order valence-electron chi connectivity index (χ0n) is 17.1. The van der Waals surface area contributed by atoms with Gasteiger partial charge in [0.1, 0.15) is 5.75 Å². The maximum Gasteiger partial charge on any atom is 0.227 e. The number of pyridine rings is 1. The number of hydrogen-bond acceptors (Lipinski definition) is 6. The largest absolute Gasteiger partial charge is 0.494 e. The molecule has 1 aliphatic rings. The van der Waals surface area contributed by atoms with Crippen molar-refractivity contribution < 1.29 is 9.53 Å². The third-order valence-electron chi connectivity index (χ3n) is 5.17. The van der Waals surface area contributed by atoms with Gasteiger partial charge < -0.3 is 14.5 Å². The summed E-state index contributed by atoms with van der Waals surface area (Å²) in [4.78, 5) is 20.8. The van der Waals surface area contributed by atoms with E-state index in [-0.39, 0.29) is 5.91 Å². The summed E-state index contributed by atoms with van der Waals surface area (Å²) in [6.07, 6.45) is 3.90. The summed E-state index contributed by atoms with van der Waals surface area (Å²) in [5.41, 5.74) is 2.82. The van der Waals surface area contributed by atoms with Crippen LogP contribution in [0.2, 0.25) is 0 Å². The van der Waals surface area contributed by atoms with E-state index in [1.54, 1.807) is 12.4 Å². The van der Waals surface area contributed by atoms with Crippen LogP contribution in [0.4, 0.5) is 5.82 Å². The van der Waals surface area contributed by atoms with Crippen LogP contribution in [0.5, 0.6) is 5.75 Å². The minimum Gasteiger partial charge on any atom is -0.494 e. The number of nitrogens with zero attached hydrogens (tertiary/aromatic N) is 5. The van der Waals surface area contributed by atoms with Gasteiger partial charge in [0.05, 0.1) is 18.7 Å². The highest BCUT2D eigenvalue weighted by molar-refractivity contribution is 5.79. The van der Waals surface area contributed by atoms with E-state index in [0.717, 1.165) is 41.5 Å². The quantitative estimate of drug-likeness (QED) is 0.630. The first-order chi connectivity index (χ1) is 14.7. The Balaban J connectivity index is 1.30. The van der Waals surface area contributed by atoms with Gasteiger partial charge in [-0.1, -0.05) is 12.1 Å². The monoisotopic (exact) mass is 403 g/mol. The fraction of sp³-hybridized carbons (Fsp3) is 0.304. The van der Waals surface area contributed by atoms with Gasteiger partial charge in [-0.2, -0.15) is 0 Å². The van der Waals surface area contributed by atoms with Gasteiger partial charge in [0.2, 0.25) is 5.91 Å². The van der Waals surface area contributed by atoms with Crippen molar-refractivity contribution in [2.24, 2.45) is 0 Å². The van der Waals surface area contributed by atoms with Crippen molar-refractivity contribution in [3.8, 4) is 17.0 Å². The SMILES string of the molecule is CCOc1ccc(CC(=O)N2CCN(c3ccc(-c4ccncc4)nn3)CC2)cc1. The van der Waals surface area contributed by atoms with Gasteiger partial charge in [0.25, 0.3) is 0 Å². The number of carbonyl (C=O) groups is 1. The Morgan fingerprint density at radius 1 is 0.933 bits per heavy atom. The van der Waals surface area contributed by atoms with E-state index in [2.05, 4.69) is 20.1 Å². The lowest BCUT2D eigenvalue weighted by atomic mass is 10.1. The lowest BCUT2D eigenvalue weighted by Gasteiger charge is -2.35. The van der Waals surface area contributed by atoms with Gasteiger partial charge in [0, 0.05) is 44.1 Å². The molecule has 1 aliphatic heterocycles. The Kier molecular flexibility index (Phi) is 6.17. The lowest BCUT2D eigenvalue weighted by molar-refractivity contribution is -0.130. The van der Waals surface area contributed by atoms with Crippen LogP contribution in [0.1, 0.15) is 12.5 Å². The van der Waals surface area contributed by atoms with E-state index in [4.69, 9.17) is 4.74 Å². The zero-order valence-corrected chi connectivity index (χ0v) is 17.1. The van der Waals surface area contributed by atoms with Crippen molar-refractivity contribution >= 4 is 11.7 Å². The standard InChI is InChI=1S/C23H25N5O2/c1-2-30-20-5-3-18(4-6-20)17-23(29)28-15-13-27(14-16-28)22-8-7-21(25-26-22)19-9-11-24-12-10-19/h3-12H,2,13-17H2,1H3. The molecule has 0 aliphatic carbocycles. The molecule has 0 spiro atoms. The average Bonchev–Trinajstić information content (AvgIpc) is 2.81. The fourth-order valence-corrected chi connectivity index (χ4v) is 3.51. The topological polar surface area (TPSA) is 71.5 Å². The zero-order chi connectivity index (χ0) is 20.8. The second kappa shape index (κ2) is 9.35. The first-order valence-corrected chi connectivity index (χ1v) is 10.2. The Morgan fingerprint density at radius 3 is 2.30 bits per heavy atom. The van der Waals surface area contributed by atoms with Gasteiger partial charge in [0.15, 0.2) is 5.82 Å². The Hall–Kier alpha value is -3.48. The Labute approximate surface area is 176 Å². The highest BCUT2D eigenvalue weighted by Crippen LogP contribution is 2.19. The number of aromatic nitrogens is 3. The van der Waals surface area contributed by atoms with Crippen molar-refractivity contribution in [1.82, 2.24) is 20.1 Å². The van der Waals surface area contributed by atoms with Gasteiger partial charge in [-0.15, -0.1) is 10.2 Å². The maximum atomic E-state index is 12.7. The number of amides is 1. The van der Waals surface area contributed by atoms with Crippen LogP contribution in [0, 0.1) is 0 Å². The van der Waals surface area contributed by atoms with Crippen molar-refractivity contribution in [2.75, 3.05) is 37.7 Å². The van der Waals surface area contributed by atoms with Crippen molar-refractivity contribution in [3.05, 3.63) is 66.5 Å². The molecule has 30 heavy (non-hydrogen) atoms. The normalized spacial score (nSPS) is 13.9. The minimum absolute atomic E-state index is 0.151. The van der Waals surface area contributed by atoms with Gasteiger partial charge in [-0.3, -0.25) is 9.78 Å². The summed E-state index contributed by atoms with van der Waals surface area (Å²) in [6.45, 7) is 5.46. The number of carbonyl (C=O) groups excluding carboxylic acids is 1. The number of hydrogen-bond donors (Lipinski definition) is 0. The van der Waals surface area contributed by atoms with Crippen LogP contribution in [0.3, 0.4) is 0 Å². The predicted octanol–water partition coefficient (Wildman–Crippen LogP) is 2.83. The summed E-state index contributed by atoms with van der Waals surface area (Å²) < 4.78 is 5.45. The molecule has 0 saturated carbocycles. The third kappa shape index (κ3) is 4.74. The molecule has 1 aromatic carbocycles. The number of benzene rings is 1. The Bertz CT molecular complexity index is 953. The first kappa shape index (κ1) is 19.8. The van der Waals surface area contributed by atoms with Crippen LogP contribution in [0.15, 0.2) is 60.9 Å². The van der Waals surface area contributed by atoms with Crippen LogP contribution in [0.25, 0.3) is 11.3 Å². The highest BCUT2D eigenvalue weighted by Gasteiger charge is 2.22. The van der Waals surface area contributed by atoms with Gasteiger partial charge in [-0.25, -0.2) is 0 Å². The summed E-state index contributed by atoms with van der Waals surface area (Å²) in [5, 5.41) is 8.72. The molecular weight excluding hydrogens is 378 g/mol. The molecule has 1 amide bonds. The number of rotatable bonds is 6. The summed E-state index contributed by atoms with van der Waals surface area (Å²) in [6, 6.07) is 15.5. The van der Waals surface area contributed by atoms with E-state index >= 15 is 0 Å². The van der Waals surface area contributed by atoms with Crippen LogP contribution < -0.4 is 9.64 Å². The Morgan fingerprint density at radius 2 is 1.67 bits per heavy atom. The molecule has 0 atom stereocenters. The molecule has 3 heterocycles. The molecule has 0 unspecified atom stereocenters. The number of anilines is 1. The summed E-state index contributed by atoms with van der Waals surface area (Å²) >= 11 is 0. The van der Waals surface area contributed by atoms with Crippen LogP contribution in [-0.4, -0.2) is 58.8 Å². The van der Waals surface area contributed by atoms with Crippen molar-refractivity contribution in [1.29, 1.82) is 0 Å². The fourth-order valence-electron chi connectivity index (χ4n) is 3.51. The lowest BCUT2D eigenvalue weighted by Crippen LogP contribution is -2.49. The molecule has 1 fully saturated rings. The molecule has 1 saturated heterocycles. The summed E-state index contributed by atoms with van der Waals surface area (Å²) in [5.74, 6) is 1.82. The molecule has 3 aromatic rings. The van der Waals surface area contributed by atoms with E-state index in [9.17, 15) is 4.79 Å². The minimum atomic E-state index is 0.151. The molecular formula is C23H25N5O2. The third-order valence-corrected chi connectivity index (χ3v) is 5.17. The highest BCUT2D eigenvalue weighted by atomic mass is 16.5. The average molecular weight is 403 g/mol. The van der Waals surface area contributed by atoms with E-state index in [1.165, 1.54) is 0 Å². The van der Waals surface area contributed by atoms with Crippen molar-refractivity contribution in [3.63, 3.8) is 0 Å². The van der Waals surface area contributed by atoms with Gasteiger partial charge in [-0.05, 0) is 48.9 Å². The molecule has 0 N–H and O–H groups in total. The van der Waals surface area contributed by atoms with E-state index < -0.39 is 0 Å². The van der Waals surface area contributed by atoms with Crippen molar-refractivity contribution in [2.45, 2.75) is 13.3 Å². The van der Waals surface area contributed by atoms with Crippen LogP contribution >= 0.6 is 0 Å². The number of ether oxygens (including phenoxy) is 1. The van der Waals surface area contributed by atoms with E-state index in [0.29, 0.717) is 26.1 Å². The second-order valence-corrected chi connectivity index (χ2v) is 7.13. The second-order valence-electron chi connectivity index (χ2n) is 7.13. The smallest absolute Gasteiger partial charge is 0.227 e. The molecule has 0 bridgehead atoms.